The first-order valence-electron chi connectivity index (χ1n) is 7.18. The van der Waals surface area contributed by atoms with E-state index < -0.39 is 23.8 Å². The van der Waals surface area contributed by atoms with Crippen LogP contribution in [0.5, 0.6) is 0 Å². The number of aliphatic hydroxyl groups is 1. The second-order valence-electron chi connectivity index (χ2n) is 4.95. The number of hydrogen-bond acceptors (Lipinski definition) is 3. The predicted octanol–water partition coefficient (Wildman–Crippen LogP) is 1.58. The summed E-state index contributed by atoms with van der Waals surface area (Å²) in [5, 5.41) is 19.0. The Kier molecular flexibility index (Phi) is 6.04. The first-order valence-corrected chi connectivity index (χ1v) is 7.18. The molecule has 0 aliphatic heterocycles. The van der Waals surface area contributed by atoms with Crippen molar-refractivity contribution in [2.45, 2.75) is 19.1 Å². The minimum Gasteiger partial charge on any atom is -0.387 e. The lowest BCUT2D eigenvalue weighted by Crippen LogP contribution is -2.38. The summed E-state index contributed by atoms with van der Waals surface area (Å²) in [6, 6.07) is 4.49. The van der Waals surface area contributed by atoms with Crippen LogP contribution < -0.4 is 10.6 Å². The molecule has 2 aromatic rings. The maximum absolute atomic E-state index is 13.1. The highest BCUT2D eigenvalue weighted by Crippen LogP contribution is 2.15. The standard InChI is InChI=1S/C15H18F2N4O2/c16-12-4-3-11(9-13(12)17)14(22)10-19-15(23)18-5-1-7-21-8-2-6-20-21/h2-4,6,8-9,14,22H,1,5,7,10H2,(H2,18,19,23)/t14-/m0/s1. The maximum Gasteiger partial charge on any atom is 0.314 e. The number of aliphatic hydroxyl groups excluding tert-OH is 1. The summed E-state index contributed by atoms with van der Waals surface area (Å²) in [5.74, 6) is -2.02. The summed E-state index contributed by atoms with van der Waals surface area (Å²) in [6.07, 6.45) is 3.11. The van der Waals surface area contributed by atoms with E-state index in [0.717, 1.165) is 12.1 Å². The molecule has 0 spiro atoms. The average Bonchev–Trinajstić information content (AvgIpc) is 3.05. The third kappa shape index (κ3) is 5.33. The normalized spacial score (nSPS) is 12.0. The second kappa shape index (κ2) is 8.23. The lowest BCUT2D eigenvalue weighted by Gasteiger charge is -2.13. The van der Waals surface area contributed by atoms with E-state index in [1.165, 1.54) is 6.07 Å². The van der Waals surface area contributed by atoms with Gasteiger partial charge in [0.05, 0.1) is 6.10 Å². The van der Waals surface area contributed by atoms with E-state index in [0.29, 0.717) is 19.5 Å². The summed E-state index contributed by atoms with van der Waals surface area (Å²) in [4.78, 5) is 11.6. The molecule has 1 atom stereocenters. The molecule has 2 amide bonds. The summed E-state index contributed by atoms with van der Waals surface area (Å²) in [7, 11) is 0. The fourth-order valence-corrected chi connectivity index (χ4v) is 1.97. The van der Waals surface area contributed by atoms with Crippen LogP contribution in [0.1, 0.15) is 18.1 Å². The van der Waals surface area contributed by atoms with E-state index in [-0.39, 0.29) is 12.1 Å². The molecule has 3 N–H and O–H groups in total. The van der Waals surface area contributed by atoms with Gasteiger partial charge in [0.15, 0.2) is 11.6 Å². The third-order valence-electron chi connectivity index (χ3n) is 3.19. The van der Waals surface area contributed by atoms with Gasteiger partial charge in [0.2, 0.25) is 0 Å². The van der Waals surface area contributed by atoms with Gasteiger partial charge in [0.1, 0.15) is 0 Å². The third-order valence-corrected chi connectivity index (χ3v) is 3.19. The molecule has 0 saturated heterocycles. The second-order valence-corrected chi connectivity index (χ2v) is 4.95. The van der Waals surface area contributed by atoms with Gasteiger partial charge in [0, 0.05) is 32.0 Å². The molecule has 0 bridgehead atoms. The van der Waals surface area contributed by atoms with Crippen LogP contribution in [-0.4, -0.2) is 34.0 Å². The van der Waals surface area contributed by atoms with Gasteiger partial charge in [-0.2, -0.15) is 5.10 Å². The molecular weight excluding hydrogens is 306 g/mol. The van der Waals surface area contributed by atoms with Gasteiger partial charge in [-0.25, -0.2) is 13.6 Å². The van der Waals surface area contributed by atoms with E-state index in [1.807, 2.05) is 12.3 Å². The van der Waals surface area contributed by atoms with E-state index in [9.17, 15) is 18.7 Å². The number of carbonyl (C=O) groups excluding carboxylic acids is 1. The minimum absolute atomic E-state index is 0.101. The Bertz CT molecular complexity index is 634. The fourth-order valence-electron chi connectivity index (χ4n) is 1.97. The van der Waals surface area contributed by atoms with Crippen LogP contribution in [0.4, 0.5) is 13.6 Å². The molecule has 2 rings (SSSR count). The molecule has 1 aromatic heterocycles. The number of nitrogens with one attached hydrogen (secondary N) is 2. The molecule has 0 aliphatic carbocycles. The van der Waals surface area contributed by atoms with Crippen molar-refractivity contribution >= 4 is 6.03 Å². The highest BCUT2D eigenvalue weighted by atomic mass is 19.2. The van der Waals surface area contributed by atoms with Crippen LogP contribution in [0.3, 0.4) is 0 Å². The number of rotatable bonds is 7. The van der Waals surface area contributed by atoms with E-state index >= 15 is 0 Å². The topological polar surface area (TPSA) is 79.2 Å². The van der Waals surface area contributed by atoms with Gasteiger partial charge < -0.3 is 15.7 Å². The zero-order valence-corrected chi connectivity index (χ0v) is 12.4. The van der Waals surface area contributed by atoms with Gasteiger partial charge in [-0.05, 0) is 30.2 Å². The zero-order valence-electron chi connectivity index (χ0n) is 12.4. The molecule has 1 heterocycles. The average molecular weight is 324 g/mol. The number of aryl methyl sites for hydroxylation is 1. The molecule has 0 saturated carbocycles. The Hall–Kier alpha value is -2.48. The van der Waals surface area contributed by atoms with Gasteiger partial charge in [-0.3, -0.25) is 4.68 Å². The van der Waals surface area contributed by atoms with Gasteiger partial charge in [-0.1, -0.05) is 6.07 Å². The van der Waals surface area contributed by atoms with Crippen LogP contribution in [0, 0.1) is 11.6 Å². The van der Waals surface area contributed by atoms with Crippen LogP contribution in [0.25, 0.3) is 0 Å². The van der Waals surface area contributed by atoms with Crippen molar-refractivity contribution in [3.05, 3.63) is 53.9 Å². The van der Waals surface area contributed by atoms with Crippen LogP contribution in [-0.2, 0) is 6.54 Å². The summed E-state index contributed by atoms with van der Waals surface area (Å²) < 4.78 is 27.6. The lowest BCUT2D eigenvalue weighted by atomic mass is 10.1. The van der Waals surface area contributed by atoms with Crippen molar-refractivity contribution < 1.29 is 18.7 Å². The number of amides is 2. The number of benzene rings is 1. The molecule has 8 heteroatoms. The highest BCUT2D eigenvalue weighted by Gasteiger charge is 2.12. The molecule has 6 nitrogen and oxygen atoms in total. The fraction of sp³-hybridized carbons (Fsp3) is 0.333. The number of carbonyl (C=O) groups is 1. The molecule has 0 radical (unpaired) electrons. The van der Waals surface area contributed by atoms with Gasteiger partial charge in [0.25, 0.3) is 0 Å². The minimum atomic E-state index is -1.11. The van der Waals surface area contributed by atoms with Crippen molar-refractivity contribution in [3.8, 4) is 0 Å². The van der Waals surface area contributed by atoms with Gasteiger partial charge in [-0.15, -0.1) is 0 Å². The van der Waals surface area contributed by atoms with Crippen LogP contribution in [0.15, 0.2) is 36.7 Å². The number of urea groups is 1. The molecule has 1 aromatic carbocycles. The Morgan fingerprint density at radius 1 is 1.30 bits per heavy atom. The number of nitrogens with zero attached hydrogens (tertiary/aromatic N) is 2. The molecule has 124 valence electrons. The van der Waals surface area contributed by atoms with Crippen molar-refractivity contribution in [3.63, 3.8) is 0 Å². The molecule has 0 aliphatic rings. The molecule has 0 unspecified atom stereocenters. The van der Waals surface area contributed by atoms with Crippen molar-refractivity contribution in [1.29, 1.82) is 0 Å². The lowest BCUT2D eigenvalue weighted by molar-refractivity contribution is 0.172. The number of hydrogen-bond donors (Lipinski definition) is 3. The van der Waals surface area contributed by atoms with Gasteiger partial charge >= 0.3 is 6.03 Å². The first kappa shape index (κ1) is 16.9. The quantitative estimate of drug-likeness (QED) is 0.677. The first-order chi connectivity index (χ1) is 11.1. The molecule has 0 fully saturated rings. The maximum atomic E-state index is 13.1. The summed E-state index contributed by atoms with van der Waals surface area (Å²) in [6.45, 7) is 1.04. The zero-order chi connectivity index (χ0) is 16.7. The van der Waals surface area contributed by atoms with E-state index in [4.69, 9.17) is 0 Å². The summed E-state index contributed by atoms with van der Waals surface area (Å²) in [5.41, 5.74) is 0.197. The largest absolute Gasteiger partial charge is 0.387 e. The highest BCUT2D eigenvalue weighted by molar-refractivity contribution is 5.73. The van der Waals surface area contributed by atoms with Crippen LogP contribution in [0.2, 0.25) is 0 Å². The van der Waals surface area contributed by atoms with Crippen LogP contribution >= 0.6 is 0 Å². The Morgan fingerprint density at radius 3 is 2.83 bits per heavy atom. The predicted molar refractivity (Wildman–Crippen MR) is 79.6 cm³/mol. The Balaban J connectivity index is 1.66. The van der Waals surface area contributed by atoms with E-state index in [1.54, 1.807) is 10.9 Å². The Labute approximate surface area is 132 Å². The smallest absolute Gasteiger partial charge is 0.314 e. The Morgan fingerprint density at radius 2 is 2.13 bits per heavy atom. The summed E-state index contributed by atoms with van der Waals surface area (Å²) >= 11 is 0. The van der Waals surface area contributed by atoms with Crippen molar-refractivity contribution in [2.75, 3.05) is 13.1 Å². The van der Waals surface area contributed by atoms with Crippen molar-refractivity contribution in [1.82, 2.24) is 20.4 Å². The SMILES string of the molecule is O=C(NCCCn1cccn1)NC[C@H](O)c1ccc(F)c(F)c1. The van der Waals surface area contributed by atoms with Crippen molar-refractivity contribution in [2.24, 2.45) is 0 Å². The van der Waals surface area contributed by atoms with E-state index in [2.05, 4.69) is 15.7 Å². The monoisotopic (exact) mass is 324 g/mol. The number of halogens is 2. The molecular formula is C15H18F2N4O2. The molecule has 23 heavy (non-hydrogen) atoms. The number of aromatic nitrogens is 2.